The number of fused-ring (bicyclic) bond motifs is 1. The van der Waals surface area contributed by atoms with Crippen LogP contribution in [0.15, 0.2) is 48.7 Å². The van der Waals surface area contributed by atoms with Gasteiger partial charge in [0.2, 0.25) is 0 Å². The van der Waals surface area contributed by atoms with E-state index in [4.69, 9.17) is 22.7 Å². The first kappa shape index (κ1) is 21.4. The number of aromatic nitrogens is 2. The summed E-state index contributed by atoms with van der Waals surface area (Å²) in [5.74, 6) is -5.15. The van der Waals surface area contributed by atoms with Crippen LogP contribution in [0.1, 0.15) is 27.2 Å². The van der Waals surface area contributed by atoms with Crippen molar-refractivity contribution in [3.63, 3.8) is 0 Å². The number of ether oxygens (including phenoxy) is 1. The first-order chi connectivity index (χ1) is 15.2. The molecule has 2 aromatic heterocycles. The molecule has 5 nitrogen and oxygen atoms in total. The van der Waals surface area contributed by atoms with E-state index in [1.165, 1.54) is 29.8 Å². The van der Waals surface area contributed by atoms with Crippen LogP contribution in [0.3, 0.4) is 0 Å². The molecule has 2 heterocycles. The molecule has 0 bridgehead atoms. The Kier molecular flexibility index (Phi) is 5.39. The highest BCUT2D eigenvalue weighted by Crippen LogP contribution is 2.27. The van der Waals surface area contributed by atoms with E-state index in [1.807, 2.05) is 0 Å². The number of ketones is 1. The number of anilines is 1. The van der Waals surface area contributed by atoms with Crippen LogP contribution in [0.5, 0.6) is 5.75 Å². The van der Waals surface area contributed by atoms with Crippen molar-refractivity contribution < 1.29 is 27.1 Å². The van der Waals surface area contributed by atoms with Crippen molar-refractivity contribution >= 4 is 34.3 Å². The van der Waals surface area contributed by atoms with E-state index in [0.717, 1.165) is 30.3 Å². The Morgan fingerprint density at radius 2 is 1.62 bits per heavy atom. The highest BCUT2D eigenvalue weighted by atomic mass is 32.1. The van der Waals surface area contributed by atoms with Gasteiger partial charge in [-0.25, -0.2) is 22.5 Å². The van der Waals surface area contributed by atoms with Crippen LogP contribution in [-0.2, 0) is 0 Å². The summed E-state index contributed by atoms with van der Waals surface area (Å²) in [6.45, 7) is 0. The maximum atomic E-state index is 14.6. The van der Waals surface area contributed by atoms with Crippen molar-refractivity contribution in [1.29, 1.82) is 0 Å². The lowest BCUT2D eigenvalue weighted by Crippen LogP contribution is -2.13. The predicted octanol–water partition coefficient (Wildman–Crippen LogP) is 4.48. The lowest BCUT2D eigenvalue weighted by Gasteiger charge is -2.10. The molecule has 4 rings (SSSR count). The minimum Gasteiger partial charge on any atom is -0.497 e. The number of nitrogen functional groups attached to an aromatic ring is 1. The van der Waals surface area contributed by atoms with Gasteiger partial charge in [0.15, 0.2) is 11.6 Å². The third-order valence-electron chi connectivity index (χ3n) is 4.79. The number of hydrogen-bond donors (Lipinski definition) is 1. The SMILES string of the molecule is COc1cc(F)c(C(=S)c2c(N)nc3ccc(C(=O)c4c(F)cccc4F)cn23)c(F)c1. The molecule has 0 aliphatic heterocycles. The van der Waals surface area contributed by atoms with E-state index < -0.39 is 40.2 Å². The second-order valence-corrected chi connectivity index (χ2v) is 7.12. The maximum Gasteiger partial charge on any atom is 0.200 e. The Labute approximate surface area is 184 Å². The molecular weight excluding hydrogens is 446 g/mol. The van der Waals surface area contributed by atoms with Crippen molar-refractivity contribution in [3.05, 3.63) is 94.3 Å². The fourth-order valence-electron chi connectivity index (χ4n) is 3.29. The number of carbonyl (C=O) groups is 1. The van der Waals surface area contributed by atoms with E-state index >= 15 is 0 Å². The number of nitrogens with zero attached hydrogens (tertiary/aromatic N) is 2. The van der Waals surface area contributed by atoms with Crippen molar-refractivity contribution in [2.45, 2.75) is 0 Å². The number of hydrogen-bond acceptors (Lipinski definition) is 5. The number of halogens is 4. The van der Waals surface area contributed by atoms with E-state index in [9.17, 15) is 22.4 Å². The van der Waals surface area contributed by atoms with Gasteiger partial charge in [-0.15, -0.1) is 0 Å². The van der Waals surface area contributed by atoms with Crippen molar-refractivity contribution in [1.82, 2.24) is 9.38 Å². The average Bonchev–Trinajstić information content (AvgIpc) is 3.07. The second kappa shape index (κ2) is 8.04. The molecular formula is C22H13F4N3O2S. The topological polar surface area (TPSA) is 69.6 Å². The Balaban J connectivity index is 1.87. The van der Waals surface area contributed by atoms with E-state index in [0.29, 0.717) is 0 Å². The summed E-state index contributed by atoms with van der Waals surface area (Å²) in [4.78, 5) is 16.5. The fourth-order valence-corrected chi connectivity index (χ4v) is 3.68. The van der Waals surface area contributed by atoms with Crippen molar-refractivity contribution in [2.75, 3.05) is 12.8 Å². The standard InChI is InChI=1S/C22H13F4N3O2S/c1-31-11-7-14(25)18(15(26)8-11)21(32)19-22(27)28-16-6-5-10(9-29(16)19)20(30)17-12(23)3-2-4-13(17)24/h2-9H,27H2,1H3. The van der Waals surface area contributed by atoms with Crippen molar-refractivity contribution in [3.8, 4) is 5.75 Å². The largest absolute Gasteiger partial charge is 0.497 e. The predicted molar refractivity (Wildman–Crippen MR) is 113 cm³/mol. The molecule has 0 radical (unpaired) electrons. The Morgan fingerprint density at radius 3 is 2.22 bits per heavy atom. The molecule has 0 aliphatic carbocycles. The van der Waals surface area contributed by atoms with Gasteiger partial charge in [-0.3, -0.25) is 9.20 Å². The fraction of sp³-hybridized carbons (Fsp3) is 0.0455. The molecule has 0 atom stereocenters. The van der Waals surface area contributed by atoms with E-state index in [2.05, 4.69) is 4.98 Å². The number of methoxy groups -OCH3 is 1. The van der Waals surface area contributed by atoms with Crippen LogP contribution in [0.2, 0.25) is 0 Å². The van der Waals surface area contributed by atoms with Crippen molar-refractivity contribution in [2.24, 2.45) is 0 Å². The minimum absolute atomic E-state index is 0.0440. The number of nitrogens with two attached hydrogens (primary N) is 1. The zero-order valence-electron chi connectivity index (χ0n) is 16.3. The number of thiocarbonyl (C=S) groups is 1. The first-order valence-electron chi connectivity index (χ1n) is 9.07. The van der Waals surface area contributed by atoms with Gasteiger partial charge in [0.25, 0.3) is 0 Å². The molecule has 0 saturated heterocycles. The lowest BCUT2D eigenvalue weighted by atomic mass is 10.0. The summed E-state index contributed by atoms with van der Waals surface area (Å²) in [6, 6.07) is 7.64. The maximum absolute atomic E-state index is 14.6. The molecule has 10 heteroatoms. The molecule has 0 saturated carbocycles. The zero-order valence-corrected chi connectivity index (χ0v) is 17.1. The highest BCUT2D eigenvalue weighted by Gasteiger charge is 2.24. The number of carbonyl (C=O) groups excluding carboxylic acids is 1. The van der Waals surface area contributed by atoms with Gasteiger partial charge in [0, 0.05) is 23.9 Å². The van der Waals surface area contributed by atoms with Gasteiger partial charge < -0.3 is 10.5 Å². The summed E-state index contributed by atoms with van der Waals surface area (Å²) in [7, 11) is 1.26. The molecule has 2 aromatic carbocycles. The third kappa shape index (κ3) is 3.48. The van der Waals surface area contributed by atoms with Gasteiger partial charge >= 0.3 is 0 Å². The van der Waals surface area contributed by atoms with Crippen LogP contribution >= 0.6 is 12.2 Å². The number of benzene rings is 2. The molecule has 0 amide bonds. The summed E-state index contributed by atoms with van der Waals surface area (Å²) < 4.78 is 63.4. The smallest absolute Gasteiger partial charge is 0.200 e. The monoisotopic (exact) mass is 459 g/mol. The summed E-state index contributed by atoms with van der Waals surface area (Å²) in [5, 5.41) is 0. The molecule has 0 spiro atoms. The van der Waals surface area contributed by atoms with E-state index in [1.54, 1.807) is 0 Å². The van der Waals surface area contributed by atoms with Gasteiger partial charge in [-0.05, 0) is 24.3 Å². The van der Waals surface area contributed by atoms with Crippen LogP contribution in [0.25, 0.3) is 5.65 Å². The molecule has 2 N–H and O–H groups in total. The van der Waals surface area contributed by atoms with Gasteiger partial charge in [0.05, 0.1) is 23.1 Å². The molecule has 0 unspecified atom stereocenters. The molecule has 0 aliphatic rings. The Morgan fingerprint density at radius 1 is 1.00 bits per heavy atom. The quantitative estimate of drug-likeness (QED) is 0.271. The molecule has 162 valence electrons. The van der Waals surface area contributed by atoms with E-state index in [-0.39, 0.29) is 33.3 Å². The molecule has 4 aromatic rings. The summed E-state index contributed by atoms with van der Waals surface area (Å²) >= 11 is 5.29. The van der Waals surface area contributed by atoms with Crippen LogP contribution < -0.4 is 10.5 Å². The Bertz CT molecular complexity index is 1370. The van der Waals surface area contributed by atoms with Gasteiger partial charge in [0.1, 0.15) is 40.4 Å². The third-order valence-corrected chi connectivity index (χ3v) is 5.19. The number of rotatable bonds is 5. The number of imidazole rings is 1. The normalized spacial score (nSPS) is 11.0. The van der Waals surface area contributed by atoms with Crippen LogP contribution in [0.4, 0.5) is 23.4 Å². The highest BCUT2D eigenvalue weighted by molar-refractivity contribution is 7.81. The van der Waals surface area contributed by atoms with Gasteiger partial charge in [-0.2, -0.15) is 0 Å². The molecule has 0 fully saturated rings. The lowest BCUT2D eigenvalue weighted by molar-refractivity contribution is 0.103. The Hall–Kier alpha value is -3.79. The first-order valence-corrected chi connectivity index (χ1v) is 9.47. The number of pyridine rings is 1. The summed E-state index contributed by atoms with van der Waals surface area (Å²) in [5.41, 5.74) is 4.71. The second-order valence-electron chi connectivity index (χ2n) is 6.71. The average molecular weight is 459 g/mol. The van der Waals surface area contributed by atoms with Gasteiger partial charge in [-0.1, -0.05) is 18.3 Å². The minimum atomic E-state index is -1.03. The molecule has 32 heavy (non-hydrogen) atoms. The zero-order chi connectivity index (χ0) is 23.2. The van der Waals surface area contributed by atoms with Crippen LogP contribution in [-0.4, -0.2) is 27.1 Å². The van der Waals surface area contributed by atoms with Crippen LogP contribution in [0, 0.1) is 23.3 Å². The summed E-state index contributed by atoms with van der Waals surface area (Å²) in [6.07, 6.45) is 1.20.